The first-order valence-electron chi connectivity index (χ1n) is 7.67. The zero-order chi connectivity index (χ0) is 16.7. The van der Waals surface area contributed by atoms with E-state index in [1.165, 1.54) is 0 Å². The van der Waals surface area contributed by atoms with Crippen molar-refractivity contribution in [1.82, 2.24) is 5.32 Å². The highest BCUT2D eigenvalue weighted by atomic mass is 35.5. The summed E-state index contributed by atoms with van der Waals surface area (Å²) < 4.78 is 36.9. The molecule has 24 heavy (non-hydrogen) atoms. The molecule has 0 aromatic heterocycles. The number of hydrogen-bond donors (Lipinski definition) is 2. The van der Waals surface area contributed by atoms with Crippen LogP contribution >= 0.6 is 12.4 Å². The van der Waals surface area contributed by atoms with Gasteiger partial charge in [-0.1, -0.05) is 12.1 Å². The number of halogens is 3. The van der Waals surface area contributed by atoms with Crippen LogP contribution in [0.4, 0.5) is 14.5 Å². The third-order valence-electron chi connectivity index (χ3n) is 3.47. The molecule has 2 N–H and O–H groups in total. The van der Waals surface area contributed by atoms with Crippen molar-refractivity contribution in [3.8, 4) is 0 Å². The van der Waals surface area contributed by atoms with Crippen LogP contribution in [-0.4, -0.2) is 44.2 Å². The molecule has 1 aromatic rings. The summed E-state index contributed by atoms with van der Waals surface area (Å²) in [5.74, 6) is -3.27. The van der Waals surface area contributed by atoms with Crippen LogP contribution in [0.2, 0.25) is 0 Å². The van der Waals surface area contributed by atoms with Gasteiger partial charge < -0.3 is 14.8 Å². The molecule has 1 aliphatic heterocycles. The van der Waals surface area contributed by atoms with Gasteiger partial charge in [0.1, 0.15) is 0 Å². The van der Waals surface area contributed by atoms with Crippen LogP contribution in [0.25, 0.3) is 0 Å². The van der Waals surface area contributed by atoms with E-state index in [2.05, 4.69) is 10.6 Å². The van der Waals surface area contributed by atoms with Gasteiger partial charge in [0.05, 0.1) is 32.4 Å². The van der Waals surface area contributed by atoms with Crippen LogP contribution in [-0.2, 0) is 20.9 Å². The summed E-state index contributed by atoms with van der Waals surface area (Å²) in [7, 11) is 0. The van der Waals surface area contributed by atoms with E-state index in [0.29, 0.717) is 32.1 Å². The van der Waals surface area contributed by atoms with E-state index in [9.17, 15) is 13.6 Å². The fraction of sp³-hybridized carbons (Fsp3) is 0.562. The zero-order valence-electron chi connectivity index (χ0n) is 13.5. The summed E-state index contributed by atoms with van der Waals surface area (Å²) in [6.07, 6.45) is -0.473. The third kappa shape index (κ3) is 6.68. The minimum atomic E-state index is -2.82. The number of ether oxygens (including phenoxy) is 2. The van der Waals surface area contributed by atoms with Gasteiger partial charge in [0.15, 0.2) is 0 Å². The molecule has 1 amide bonds. The van der Waals surface area contributed by atoms with E-state index in [4.69, 9.17) is 9.47 Å². The normalized spacial score (nSPS) is 18.9. The summed E-state index contributed by atoms with van der Waals surface area (Å²) in [5.41, 5.74) is 1.46. The molecule has 136 valence electrons. The smallest absolute Gasteiger partial charge is 0.262 e. The van der Waals surface area contributed by atoms with Gasteiger partial charge in [0, 0.05) is 18.7 Å². The van der Waals surface area contributed by atoms with Crippen molar-refractivity contribution >= 4 is 24.0 Å². The zero-order valence-corrected chi connectivity index (χ0v) is 14.3. The number of carbonyl (C=O) groups is 1. The third-order valence-corrected chi connectivity index (χ3v) is 3.47. The Labute approximate surface area is 146 Å². The minimum absolute atomic E-state index is 0. The summed E-state index contributed by atoms with van der Waals surface area (Å²) in [6, 6.07) is 6.28. The van der Waals surface area contributed by atoms with E-state index in [1.807, 2.05) is 13.0 Å². The molecule has 1 unspecified atom stereocenters. The van der Waals surface area contributed by atoms with Gasteiger partial charge in [-0.25, -0.2) is 8.78 Å². The Bertz CT molecular complexity index is 532. The molecule has 0 saturated carbocycles. The Hall–Kier alpha value is -1.28. The summed E-state index contributed by atoms with van der Waals surface area (Å²) in [4.78, 5) is 12.0. The van der Waals surface area contributed by atoms with Gasteiger partial charge in [-0.15, -0.1) is 12.4 Å². The van der Waals surface area contributed by atoms with Gasteiger partial charge in [-0.05, 0) is 24.6 Å². The number of carbonyl (C=O) groups excluding carboxylic acids is 1. The second-order valence-electron chi connectivity index (χ2n) is 5.43. The first kappa shape index (κ1) is 20.8. The topological polar surface area (TPSA) is 59.6 Å². The van der Waals surface area contributed by atoms with Crippen LogP contribution in [0, 0.1) is 0 Å². The Kier molecular flexibility index (Phi) is 8.55. The largest absolute Gasteiger partial charge is 0.379 e. The lowest BCUT2D eigenvalue weighted by molar-refractivity contribution is -0.118. The maximum Gasteiger partial charge on any atom is 0.262 e. The van der Waals surface area contributed by atoms with E-state index in [-0.39, 0.29) is 12.4 Å². The second kappa shape index (κ2) is 9.88. The number of benzene rings is 1. The van der Waals surface area contributed by atoms with Crippen molar-refractivity contribution in [2.24, 2.45) is 0 Å². The maximum absolute atomic E-state index is 13.1. The monoisotopic (exact) mass is 364 g/mol. The Morgan fingerprint density at radius 2 is 2.12 bits per heavy atom. The molecule has 8 heteroatoms. The predicted octanol–water partition coefficient (Wildman–Crippen LogP) is 2.60. The van der Waals surface area contributed by atoms with E-state index in [0.717, 1.165) is 5.56 Å². The molecule has 0 bridgehead atoms. The second-order valence-corrected chi connectivity index (χ2v) is 5.43. The molecule has 0 spiro atoms. The molecule has 1 aliphatic rings. The molecule has 1 atom stereocenters. The molecule has 1 saturated heterocycles. The Morgan fingerprint density at radius 1 is 1.38 bits per heavy atom. The SMILES string of the molecule is CCOCCOCc1cccc(NC(=O)C2CC(F)(F)CN2)c1.Cl. The van der Waals surface area contributed by atoms with Crippen LogP contribution in [0.5, 0.6) is 0 Å². The molecular formula is C16H23ClF2N2O3. The fourth-order valence-corrected chi connectivity index (χ4v) is 2.32. The number of rotatable bonds is 8. The quantitative estimate of drug-likeness (QED) is 0.696. The highest BCUT2D eigenvalue weighted by Gasteiger charge is 2.42. The average Bonchev–Trinajstić information content (AvgIpc) is 2.88. The van der Waals surface area contributed by atoms with Crippen molar-refractivity contribution in [1.29, 1.82) is 0 Å². The lowest BCUT2D eigenvalue weighted by Crippen LogP contribution is -2.35. The van der Waals surface area contributed by atoms with Crippen LogP contribution in [0.3, 0.4) is 0 Å². The summed E-state index contributed by atoms with van der Waals surface area (Å²) in [5, 5.41) is 5.19. The Balaban J connectivity index is 0.00000288. The van der Waals surface area contributed by atoms with Crippen molar-refractivity contribution in [2.75, 3.05) is 31.7 Å². The lowest BCUT2D eigenvalue weighted by atomic mass is 10.1. The first-order valence-corrected chi connectivity index (χ1v) is 7.67. The molecule has 0 radical (unpaired) electrons. The predicted molar refractivity (Wildman–Crippen MR) is 89.8 cm³/mol. The maximum atomic E-state index is 13.1. The van der Waals surface area contributed by atoms with Gasteiger partial charge in [0.2, 0.25) is 5.91 Å². The van der Waals surface area contributed by atoms with Gasteiger partial charge in [-0.2, -0.15) is 0 Å². The van der Waals surface area contributed by atoms with Crippen molar-refractivity contribution in [3.63, 3.8) is 0 Å². The van der Waals surface area contributed by atoms with Gasteiger partial charge in [0.25, 0.3) is 5.92 Å². The molecule has 1 fully saturated rings. The molecule has 2 rings (SSSR count). The van der Waals surface area contributed by atoms with Crippen LogP contribution in [0.15, 0.2) is 24.3 Å². The summed E-state index contributed by atoms with van der Waals surface area (Å²) >= 11 is 0. The van der Waals surface area contributed by atoms with Crippen LogP contribution < -0.4 is 10.6 Å². The number of hydrogen-bond acceptors (Lipinski definition) is 4. The van der Waals surface area contributed by atoms with Gasteiger partial charge >= 0.3 is 0 Å². The molecule has 0 aliphatic carbocycles. The highest BCUT2D eigenvalue weighted by Crippen LogP contribution is 2.25. The van der Waals surface area contributed by atoms with Crippen molar-refractivity contribution < 1.29 is 23.0 Å². The average molecular weight is 365 g/mol. The number of alkyl halides is 2. The molecular weight excluding hydrogens is 342 g/mol. The van der Waals surface area contributed by atoms with E-state index < -0.39 is 30.8 Å². The molecule has 1 aromatic carbocycles. The van der Waals surface area contributed by atoms with E-state index >= 15 is 0 Å². The number of anilines is 1. The number of amides is 1. The fourth-order valence-electron chi connectivity index (χ4n) is 2.32. The standard InChI is InChI=1S/C16H22F2N2O3.ClH/c1-2-22-6-7-23-10-12-4-3-5-13(8-12)20-15(21)14-9-16(17,18)11-19-14;/h3-5,8,14,19H,2,6-7,9-11H2,1H3,(H,20,21);1H. The number of nitrogens with one attached hydrogen (secondary N) is 2. The Morgan fingerprint density at radius 3 is 2.79 bits per heavy atom. The van der Waals surface area contributed by atoms with E-state index in [1.54, 1.807) is 18.2 Å². The lowest BCUT2D eigenvalue weighted by Gasteiger charge is -2.12. The van der Waals surface area contributed by atoms with Crippen LogP contribution in [0.1, 0.15) is 18.9 Å². The highest BCUT2D eigenvalue weighted by molar-refractivity contribution is 5.95. The van der Waals surface area contributed by atoms with Crippen molar-refractivity contribution in [2.45, 2.75) is 31.9 Å². The summed E-state index contributed by atoms with van der Waals surface area (Å²) in [6.45, 7) is 3.54. The first-order chi connectivity index (χ1) is 11.0. The molecule has 1 heterocycles. The minimum Gasteiger partial charge on any atom is -0.379 e. The van der Waals surface area contributed by atoms with Gasteiger partial charge in [-0.3, -0.25) is 10.1 Å². The molecule has 5 nitrogen and oxygen atoms in total. The van der Waals surface area contributed by atoms with Crippen molar-refractivity contribution in [3.05, 3.63) is 29.8 Å².